The van der Waals surface area contributed by atoms with Crippen LogP contribution in [-0.2, 0) is 18.4 Å². The molecule has 1 saturated heterocycles. The first-order valence-electron chi connectivity index (χ1n) is 10.5. The lowest BCUT2D eigenvalue weighted by Crippen LogP contribution is -2.49. The molecule has 1 N–H and O–H groups in total. The summed E-state index contributed by atoms with van der Waals surface area (Å²) in [4.78, 5) is 48.1. The number of aromatic nitrogens is 4. The van der Waals surface area contributed by atoms with E-state index in [1.54, 1.807) is 23.7 Å². The van der Waals surface area contributed by atoms with Gasteiger partial charge in [0.15, 0.2) is 11.2 Å². The number of nitrogens with one attached hydrogen (secondary N) is 1. The number of nitrogens with zero attached hydrogens (tertiary/aromatic N) is 5. The Bertz CT molecular complexity index is 1290. The second-order valence-electron chi connectivity index (χ2n) is 7.85. The first-order valence-corrected chi connectivity index (χ1v) is 11.2. The molecule has 1 fully saturated rings. The van der Waals surface area contributed by atoms with Crippen LogP contribution in [-0.4, -0.2) is 56.1 Å². The highest BCUT2D eigenvalue weighted by atomic mass is 35.5. The minimum atomic E-state index is -0.525. The fraction of sp³-hybridized carbons (Fsp3) is 0.429. The molecule has 1 amide bonds. The number of benzene rings is 1. The van der Waals surface area contributed by atoms with Crippen LogP contribution < -0.4 is 16.1 Å². The Morgan fingerprint density at radius 1 is 1.12 bits per heavy atom. The van der Waals surface area contributed by atoms with E-state index >= 15 is 0 Å². The molecule has 4 rings (SSSR count). The van der Waals surface area contributed by atoms with Crippen molar-refractivity contribution in [2.75, 3.05) is 31.1 Å². The molecule has 2 aromatic heterocycles. The zero-order valence-electron chi connectivity index (χ0n) is 17.9. The maximum absolute atomic E-state index is 12.7. The molecule has 0 radical (unpaired) electrons. The molecule has 0 aliphatic carbocycles. The third-order valence-electron chi connectivity index (χ3n) is 5.69. The van der Waals surface area contributed by atoms with Crippen LogP contribution in [0.3, 0.4) is 0 Å². The Labute approximate surface area is 194 Å². The van der Waals surface area contributed by atoms with Gasteiger partial charge in [-0.05, 0) is 24.1 Å². The van der Waals surface area contributed by atoms with Crippen molar-refractivity contribution in [2.24, 2.45) is 7.05 Å². The number of imidazole rings is 1. The van der Waals surface area contributed by atoms with E-state index in [1.165, 1.54) is 4.57 Å². The van der Waals surface area contributed by atoms with Gasteiger partial charge in [-0.3, -0.25) is 23.7 Å². The average Bonchev–Trinajstić information content (AvgIpc) is 3.15. The van der Waals surface area contributed by atoms with Crippen molar-refractivity contribution in [3.63, 3.8) is 0 Å². The molecule has 1 aliphatic heterocycles. The molecule has 0 bridgehead atoms. The standard InChI is InChI=1S/C21H24Cl2N6O3/c1-3-4-16(30)27-7-9-28(10-8-27)20-24-18-17(19(31)25-21(32)26(18)2)29(20)12-13-5-6-14(22)15(23)11-13/h5-6,11H,3-4,7-10,12H2,1-2H3,(H,25,31,32). The van der Waals surface area contributed by atoms with E-state index in [9.17, 15) is 14.4 Å². The van der Waals surface area contributed by atoms with E-state index in [1.807, 2.05) is 22.8 Å². The zero-order chi connectivity index (χ0) is 23.0. The second kappa shape index (κ2) is 8.99. The quantitative estimate of drug-likeness (QED) is 0.606. The zero-order valence-corrected chi connectivity index (χ0v) is 19.4. The SMILES string of the molecule is CCCC(=O)N1CCN(c2nc3c(c(=O)[nH]c(=O)n3C)n2Cc2ccc(Cl)c(Cl)c2)CC1. The highest BCUT2D eigenvalue weighted by molar-refractivity contribution is 6.42. The third kappa shape index (κ3) is 4.14. The molecule has 0 saturated carbocycles. The van der Waals surface area contributed by atoms with E-state index in [0.29, 0.717) is 66.3 Å². The molecule has 32 heavy (non-hydrogen) atoms. The van der Waals surface area contributed by atoms with Crippen LogP contribution in [0.25, 0.3) is 11.2 Å². The minimum Gasteiger partial charge on any atom is -0.339 e. The normalized spacial score (nSPS) is 14.4. The predicted molar refractivity (Wildman–Crippen MR) is 125 cm³/mol. The van der Waals surface area contributed by atoms with Gasteiger partial charge in [0.2, 0.25) is 11.9 Å². The van der Waals surface area contributed by atoms with Gasteiger partial charge < -0.3 is 9.80 Å². The largest absolute Gasteiger partial charge is 0.339 e. The maximum Gasteiger partial charge on any atom is 0.329 e. The molecule has 1 aromatic carbocycles. The Morgan fingerprint density at radius 2 is 1.84 bits per heavy atom. The maximum atomic E-state index is 12.7. The molecule has 3 aromatic rings. The van der Waals surface area contributed by atoms with Crippen molar-refractivity contribution < 1.29 is 4.79 Å². The van der Waals surface area contributed by atoms with E-state index in [0.717, 1.165) is 12.0 Å². The summed E-state index contributed by atoms with van der Waals surface area (Å²) in [5, 5.41) is 0.860. The number of carbonyl (C=O) groups excluding carboxylic acids is 1. The molecular formula is C21H24Cl2N6O3. The van der Waals surface area contributed by atoms with Gasteiger partial charge in [-0.1, -0.05) is 36.2 Å². The van der Waals surface area contributed by atoms with Crippen LogP contribution in [0.15, 0.2) is 27.8 Å². The molecule has 9 nitrogen and oxygen atoms in total. The second-order valence-corrected chi connectivity index (χ2v) is 8.67. The van der Waals surface area contributed by atoms with Crippen molar-refractivity contribution in [3.05, 3.63) is 54.6 Å². The minimum absolute atomic E-state index is 0.148. The van der Waals surface area contributed by atoms with Crippen molar-refractivity contribution >= 4 is 46.2 Å². The van der Waals surface area contributed by atoms with Crippen LogP contribution >= 0.6 is 23.2 Å². The highest BCUT2D eigenvalue weighted by Crippen LogP contribution is 2.26. The first-order chi connectivity index (χ1) is 15.3. The number of amides is 1. The van der Waals surface area contributed by atoms with Crippen LogP contribution in [0.4, 0.5) is 5.95 Å². The Balaban J connectivity index is 1.76. The number of piperazine rings is 1. The number of aromatic amines is 1. The monoisotopic (exact) mass is 478 g/mol. The van der Waals surface area contributed by atoms with E-state index < -0.39 is 11.2 Å². The molecule has 0 spiro atoms. The van der Waals surface area contributed by atoms with Crippen molar-refractivity contribution in [3.8, 4) is 0 Å². The third-order valence-corrected chi connectivity index (χ3v) is 6.43. The molecule has 1 aliphatic rings. The van der Waals surface area contributed by atoms with Gasteiger partial charge in [0.05, 0.1) is 16.6 Å². The summed E-state index contributed by atoms with van der Waals surface area (Å²) in [6, 6.07) is 5.29. The van der Waals surface area contributed by atoms with Gasteiger partial charge in [0.25, 0.3) is 5.56 Å². The summed E-state index contributed by atoms with van der Waals surface area (Å²) in [5.74, 6) is 0.718. The van der Waals surface area contributed by atoms with Gasteiger partial charge in [-0.15, -0.1) is 0 Å². The first kappa shape index (κ1) is 22.4. The number of halogens is 2. The van der Waals surface area contributed by atoms with Crippen LogP contribution in [0, 0.1) is 0 Å². The lowest BCUT2D eigenvalue weighted by atomic mass is 10.2. The van der Waals surface area contributed by atoms with E-state index in [4.69, 9.17) is 23.2 Å². The van der Waals surface area contributed by atoms with Gasteiger partial charge in [0.1, 0.15) is 0 Å². The lowest BCUT2D eigenvalue weighted by molar-refractivity contribution is -0.131. The number of rotatable bonds is 5. The molecule has 170 valence electrons. The smallest absolute Gasteiger partial charge is 0.329 e. The molecule has 0 unspecified atom stereocenters. The number of aryl methyl sites for hydroxylation is 1. The van der Waals surface area contributed by atoms with Crippen LogP contribution in [0.5, 0.6) is 0 Å². The summed E-state index contributed by atoms with van der Waals surface area (Å²) in [5.41, 5.74) is 0.419. The average molecular weight is 479 g/mol. The van der Waals surface area contributed by atoms with Crippen molar-refractivity contribution in [2.45, 2.75) is 26.3 Å². The number of carbonyl (C=O) groups is 1. The number of hydrogen-bond acceptors (Lipinski definition) is 5. The number of H-pyrrole nitrogens is 1. The fourth-order valence-electron chi connectivity index (χ4n) is 3.96. The number of hydrogen-bond donors (Lipinski definition) is 1. The molecule has 3 heterocycles. The van der Waals surface area contributed by atoms with Crippen molar-refractivity contribution in [1.82, 2.24) is 24.0 Å². The van der Waals surface area contributed by atoms with E-state index in [-0.39, 0.29) is 5.91 Å². The van der Waals surface area contributed by atoms with Crippen LogP contribution in [0.1, 0.15) is 25.3 Å². The molecule has 0 atom stereocenters. The lowest BCUT2D eigenvalue weighted by Gasteiger charge is -2.35. The number of fused-ring (bicyclic) bond motifs is 1. The molecular weight excluding hydrogens is 455 g/mol. The predicted octanol–water partition coefficient (Wildman–Crippen LogP) is 2.23. The van der Waals surface area contributed by atoms with Gasteiger partial charge in [-0.2, -0.15) is 4.98 Å². The van der Waals surface area contributed by atoms with E-state index in [2.05, 4.69) is 9.97 Å². The Kier molecular flexibility index (Phi) is 6.30. The summed E-state index contributed by atoms with van der Waals surface area (Å²) in [6.45, 7) is 4.60. The topological polar surface area (TPSA) is 96.2 Å². The molecule has 11 heteroatoms. The Morgan fingerprint density at radius 3 is 2.50 bits per heavy atom. The summed E-state index contributed by atoms with van der Waals surface area (Å²) in [6.07, 6.45) is 1.35. The fourth-order valence-corrected chi connectivity index (χ4v) is 4.28. The van der Waals surface area contributed by atoms with Gasteiger partial charge in [-0.25, -0.2) is 4.79 Å². The van der Waals surface area contributed by atoms with Crippen LogP contribution in [0.2, 0.25) is 10.0 Å². The summed E-state index contributed by atoms with van der Waals surface area (Å²) in [7, 11) is 1.57. The summed E-state index contributed by atoms with van der Waals surface area (Å²) < 4.78 is 3.11. The highest BCUT2D eigenvalue weighted by Gasteiger charge is 2.26. The Hall–Kier alpha value is -2.78. The van der Waals surface area contributed by atoms with Gasteiger partial charge in [0, 0.05) is 39.6 Å². The van der Waals surface area contributed by atoms with Crippen molar-refractivity contribution in [1.29, 1.82) is 0 Å². The van der Waals surface area contributed by atoms with Gasteiger partial charge >= 0.3 is 5.69 Å². The summed E-state index contributed by atoms with van der Waals surface area (Å²) >= 11 is 12.2. The number of anilines is 1.